The lowest BCUT2D eigenvalue weighted by Gasteiger charge is -2.21. The molecule has 2 aromatic heterocycles. The number of pyridine rings is 1. The Bertz CT molecular complexity index is 1870. The summed E-state index contributed by atoms with van der Waals surface area (Å²) in [5.41, 5.74) is 1.90. The summed E-state index contributed by atoms with van der Waals surface area (Å²) in [5.74, 6) is -0.781. The number of rotatable bonds is 7. The molecule has 1 fully saturated rings. The van der Waals surface area contributed by atoms with E-state index in [-0.39, 0.29) is 38.0 Å². The second-order valence-corrected chi connectivity index (χ2v) is 10.8. The molecule has 1 aliphatic carbocycles. The highest BCUT2D eigenvalue weighted by Crippen LogP contribution is 2.40. The molecule has 40 heavy (non-hydrogen) atoms. The number of halogens is 5. The van der Waals surface area contributed by atoms with Crippen LogP contribution in [0.3, 0.4) is 0 Å². The third kappa shape index (κ3) is 5.02. The van der Waals surface area contributed by atoms with Gasteiger partial charge in [-0.1, -0.05) is 69.8 Å². The Hall–Kier alpha value is -3.61. The van der Waals surface area contributed by atoms with Crippen LogP contribution in [-0.4, -0.2) is 20.0 Å². The SMILES string of the molecule is [2H]C(Nc1cc(Cl)c2ncc(C#N)c(Nc3ccc(Cl)c(Cl)c3F)c2c1)(c1cn(C2CC2)nn1)c1ccccc1Cl. The lowest BCUT2D eigenvalue weighted by molar-refractivity contribution is 0.610. The molecule has 1 unspecified atom stereocenters. The lowest BCUT2D eigenvalue weighted by atomic mass is 10.0. The molecule has 1 atom stereocenters. The third-order valence-corrected chi connectivity index (χ3v) is 7.84. The van der Waals surface area contributed by atoms with Crippen LogP contribution in [0.4, 0.5) is 21.5 Å². The van der Waals surface area contributed by atoms with E-state index in [4.69, 9.17) is 46.4 Å². The van der Waals surface area contributed by atoms with Crippen LogP contribution in [-0.2, 0) is 0 Å². The molecule has 0 spiro atoms. The van der Waals surface area contributed by atoms with Crippen LogP contribution in [0.25, 0.3) is 10.9 Å². The number of hydrogen-bond acceptors (Lipinski definition) is 6. The van der Waals surface area contributed by atoms with E-state index < -0.39 is 11.8 Å². The van der Waals surface area contributed by atoms with Gasteiger partial charge in [-0.25, -0.2) is 9.07 Å². The van der Waals surface area contributed by atoms with Crippen molar-refractivity contribution < 1.29 is 5.76 Å². The zero-order valence-electron chi connectivity index (χ0n) is 21.4. The van der Waals surface area contributed by atoms with Crippen molar-refractivity contribution in [2.75, 3.05) is 10.6 Å². The van der Waals surface area contributed by atoms with Gasteiger partial charge in [-0.05, 0) is 48.7 Å². The number of nitrogens with one attached hydrogen (secondary N) is 2. The molecule has 0 aliphatic heterocycles. The van der Waals surface area contributed by atoms with Gasteiger partial charge in [-0.15, -0.1) is 5.10 Å². The number of benzene rings is 3. The van der Waals surface area contributed by atoms with Crippen LogP contribution in [0.2, 0.25) is 20.1 Å². The van der Waals surface area contributed by atoms with Crippen molar-refractivity contribution in [1.29, 1.82) is 5.26 Å². The van der Waals surface area contributed by atoms with Gasteiger partial charge in [0.15, 0.2) is 5.82 Å². The third-order valence-electron chi connectivity index (χ3n) is 6.44. The first kappa shape index (κ1) is 25.4. The van der Waals surface area contributed by atoms with Crippen molar-refractivity contribution in [2.24, 2.45) is 0 Å². The number of fused-ring (bicyclic) bond motifs is 1. The predicted octanol–water partition coefficient (Wildman–Crippen LogP) is 8.73. The summed E-state index contributed by atoms with van der Waals surface area (Å²) in [4.78, 5) is 4.35. The molecule has 3 aromatic carbocycles. The molecule has 7 nitrogen and oxygen atoms in total. The average molecular weight is 614 g/mol. The molecule has 200 valence electrons. The number of hydrogen-bond donors (Lipinski definition) is 2. The van der Waals surface area contributed by atoms with Crippen molar-refractivity contribution in [1.82, 2.24) is 20.0 Å². The quantitative estimate of drug-likeness (QED) is 0.178. The summed E-state index contributed by atoms with van der Waals surface area (Å²) in [7, 11) is 0. The second kappa shape index (κ2) is 10.8. The molecular formula is C28H18Cl4FN7. The van der Waals surface area contributed by atoms with E-state index in [1.165, 1.54) is 18.3 Å². The van der Waals surface area contributed by atoms with Gasteiger partial charge in [0.25, 0.3) is 0 Å². The summed E-state index contributed by atoms with van der Waals surface area (Å²) in [5, 5.41) is 25.4. The highest BCUT2D eigenvalue weighted by Gasteiger charge is 2.28. The highest BCUT2D eigenvalue weighted by atomic mass is 35.5. The Morgan fingerprint density at radius 2 is 1.88 bits per heavy atom. The van der Waals surface area contributed by atoms with E-state index in [0.717, 1.165) is 12.8 Å². The highest BCUT2D eigenvalue weighted by molar-refractivity contribution is 6.42. The van der Waals surface area contributed by atoms with Gasteiger partial charge in [-0.2, -0.15) is 5.26 Å². The normalized spacial score (nSPS) is 14.8. The smallest absolute Gasteiger partial charge is 0.166 e. The Kier molecular flexibility index (Phi) is 6.82. The van der Waals surface area contributed by atoms with Crippen LogP contribution in [0.1, 0.15) is 43.1 Å². The van der Waals surface area contributed by atoms with Gasteiger partial charge in [-0.3, -0.25) is 4.98 Å². The molecular weight excluding hydrogens is 595 g/mol. The van der Waals surface area contributed by atoms with E-state index in [1.807, 2.05) is 0 Å². The van der Waals surface area contributed by atoms with E-state index in [0.29, 0.717) is 32.9 Å². The molecule has 0 bridgehead atoms. The summed E-state index contributed by atoms with van der Waals surface area (Å²) >= 11 is 25.2. The summed E-state index contributed by atoms with van der Waals surface area (Å²) < 4.78 is 26.3. The predicted molar refractivity (Wildman–Crippen MR) is 156 cm³/mol. The Morgan fingerprint density at radius 3 is 2.62 bits per heavy atom. The van der Waals surface area contributed by atoms with Gasteiger partial charge >= 0.3 is 0 Å². The molecule has 0 radical (unpaired) electrons. The molecule has 5 aromatic rings. The van der Waals surface area contributed by atoms with Gasteiger partial charge in [0.1, 0.15) is 11.8 Å². The maximum atomic E-state index is 15.0. The lowest BCUT2D eigenvalue weighted by Crippen LogP contribution is -2.14. The second-order valence-electron chi connectivity index (χ2n) is 9.16. The fourth-order valence-corrected chi connectivity index (χ4v) is 5.10. The topological polar surface area (TPSA) is 91.5 Å². The molecule has 2 N–H and O–H groups in total. The van der Waals surface area contributed by atoms with Crippen molar-refractivity contribution in [3.63, 3.8) is 0 Å². The minimum atomic E-state index is -1.67. The van der Waals surface area contributed by atoms with E-state index in [1.54, 1.807) is 47.3 Å². The standard InChI is InChI=1S/C28H18Cl4FN7/c29-19-4-2-1-3-17(19)28(23-13-40(39-38-23)16-5-6-16)36-15-9-18-26(14(11-34)12-35-27(18)21(31)10-15)37-22-8-7-20(30)24(32)25(22)33/h1-4,7-10,12-13,16,28,36H,5-6H2,(H,35,37)/i28D. The van der Waals surface area contributed by atoms with Gasteiger partial charge in [0.2, 0.25) is 0 Å². The first-order valence-corrected chi connectivity index (χ1v) is 13.6. The molecule has 0 amide bonds. The monoisotopic (exact) mass is 612 g/mol. The van der Waals surface area contributed by atoms with Crippen LogP contribution >= 0.6 is 46.4 Å². The first-order chi connectivity index (χ1) is 19.7. The van der Waals surface area contributed by atoms with E-state index in [9.17, 15) is 11.0 Å². The van der Waals surface area contributed by atoms with Crippen LogP contribution in [0.15, 0.2) is 60.9 Å². The Balaban J connectivity index is 1.50. The number of nitrogens with zero attached hydrogens (tertiary/aromatic N) is 5. The first-order valence-electron chi connectivity index (χ1n) is 12.6. The van der Waals surface area contributed by atoms with Crippen LogP contribution in [0, 0.1) is 17.1 Å². The maximum absolute atomic E-state index is 15.0. The molecule has 2 heterocycles. The van der Waals surface area contributed by atoms with Crippen molar-refractivity contribution in [2.45, 2.75) is 24.9 Å². The number of anilines is 3. The van der Waals surface area contributed by atoms with Crippen LogP contribution in [0.5, 0.6) is 0 Å². The zero-order chi connectivity index (χ0) is 28.9. The average Bonchev–Trinajstić information content (AvgIpc) is 3.69. The zero-order valence-corrected chi connectivity index (χ0v) is 23.4. The van der Waals surface area contributed by atoms with Gasteiger partial charge < -0.3 is 10.6 Å². The van der Waals surface area contributed by atoms with Crippen LogP contribution < -0.4 is 10.6 Å². The van der Waals surface area contributed by atoms with Gasteiger partial charge in [0.05, 0.1) is 57.2 Å². The van der Waals surface area contributed by atoms with E-state index >= 15 is 0 Å². The maximum Gasteiger partial charge on any atom is 0.166 e. The fourth-order valence-electron chi connectivity index (χ4n) is 4.29. The Labute approximate surface area is 249 Å². The van der Waals surface area contributed by atoms with Gasteiger partial charge in [0, 0.05) is 22.3 Å². The molecule has 1 aliphatic rings. The molecule has 0 saturated heterocycles. The summed E-state index contributed by atoms with van der Waals surface area (Å²) in [6, 6.07) is 13.8. The van der Waals surface area contributed by atoms with Crippen molar-refractivity contribution in [3.05, 3.63) is 104 Å². The summed E-state index contributed by atoms with van der Waals surface area (Å²) in [6.45, 7) is 0. The molecule has 12 heteroatoms. The summed E-state index contributed by atoms with van der Waals surface area (Å²) in [6.07, 6.45) is 5.07. The minimum Gasteiger partial charge on any atom is -0.373 e. The fraction of sp³-hybridized carbons (Fsp3) is 0.143. The molecule has 6 rings (SSSR count). The van der Waals surface area contributed by atoms with E-state index in [2.05, 4.69) is 32.0 Å². The minimum absolute atomic E-state index is 0.000445. The molecule has 1 saturated carbocycles. The van der Waals surface area contributed by atoms with Crippen molar-refractivity contribution >= 4 is 74.4 Å². The Morgan fingerprint density at radius 1 is 1.07 bits per heavy atom. The number of nitriles is 1. The van der Waals surface area contributed by atoms with Crippen molar-refractivity contribution in [3.8, 4) is 6.07 Å². The number of aromatic nitrogens is 4. The largest absolute Gasteiger partial charge is 0.373 e.